The summed E-state index contributed by atoms with van der Waals surface area (Å²) in [6, 6.07) is 4.83. The zero-order valence-corrected chi connectivity index (χ0v) is 15.8. The second-order valence-electron chi connectivity index (χ2n) is 6.43. The molecule has 1 fully saturated rings. The van der Waals surface area contributed by atoms with Crippen molar-refractivity contribution in [3.8, 4) is 0 Å². The second-order valence-corrected chi connectivity index (χ2v) is 7.77. The van der Waals surface area contributed by atoms with Crippen LogP contribution in [0.2, 0.25) is 0 Å². The van der Waals surface area contributed by atoms with Crippen molar-refractivity contribution >= 4 is 29.0 Å². The van der Waals surface area contributed by atoms with Gasteiger partial charge >= 0.3 is 5.69 Å². The first-order chi connectivity index (χ1) is 11.7. The Bertz CT molecular complexity index is 584. The lowest BCUT2D eigenvalue weighted by atomic mass is 10.2. The van der Waals surface area contributed by atoms with Gasteiger partial charge in [-0.05, 0) is 38.0 Å². The lowest BCUT2D eigenvalue weighted by molar-refractivity contribution is -0.387. The maximum atomic E-state index is 11.6. The molecule has 1 N–H and O–H groups in total. The minimum Gasteiger partial charge on any atom is -0.611 e. The van der Waals surface area contributed by atoms with E-state index in [1.807, 2.05) is 20.8 Å². The smallest absolute Gasteiger partial charge is 0.323 e. The van der Waals surface area contributed by atoms with Crippen LogP contribution in [0.4, 0.5) is 11.4 Å². The van der Waals surface area contributed by atoms with Crippen LogP contribution in [0.15, 0.2) is 23.1 Å². The van der Waals surface area contributed by atoms with Crippen molar-refractivity contribution in [3.05, 3.63) is 28.3 Å². The number of carbonyl (C=O) groups excluding carboxylic acids is 1. The van der Waals surface area contributed by atoms with E-state index in [2.05, 4.69) is 15.0 Å². The van der Waals surface area contributed by atoms with Gasteiger partial charge in [0.05, 0.1) is 4.92 Å². The van der Waals surface area contributed by atoms with Crippen molar-refractivity contribution in [3.63, 3.8) is 0 Å². The van der Waals surface area contributed by atoms with Gasteiger partial charge in [0.2, 0.25) is 4.90 Å². The van der Waals surface area contributed by atoms with E-state index < -0.39 is 16.1 Å². The Labute approximate surface area is 150 Å². The third-order valence-electron chi connectivity index (χ3n) is 3.33. The van der Waals surface area contributed by atoms with Gasteiger partial charge < -0.3 is 19.5 Å². The number of nitro benzene ring substituents is 1. The van der Waals surface area contributed by atoms with E-state index in [0.29, 0.717) is 6.47 Å². The first kappa shape index (κ1) is 21.2. The molecule has 0 aromatic heterocycles. The topological polar surface area (TPSA) is 108 Å². The fourth-order valence-electron chi connectivity index (χ4n) is 2.15. The Balaban J connectivity index is 0.000000381. The van der Waals surface area contributed by atoms with E-state index in [1.54, 1.807) is 12.1 Å². The van der Waals surface area contributed by atoms with Crippen LogP contribution in [0.1, 0.15) is 20.8 Å². The molecule has 0 aliphatic carbocycles. The van der Waals surface area contributed by atoms with Crippen molar-refractivity contribution in [1.82, 2.24) is 5.32 Å². The monoisotopic (exact) mass is 371 g/mol. The van der Waals surface area contributed by atoms with Crippen LogP contribution >= 0.6 is 0 Å². The Kier molecular flexibility index (Phi) is 8.14. The zero-order chi connectivity index (χ0) is 19.0. The summed E-state index contributed by atoms with van der Waals surface area (Å²) in [7, 11) is 0. The van der Waals surface area contributed by atoms with Crippen LogP contribution in [0.5, 0.6) is 0 Å². The summed E-state index contributed by atoms with van der Waals surface area (Å²) in [5.41, 5.74) is 0.504. The maximum absolute atomic E-state index is 11.6. The molecule has 25 heavy (non-hydrogen) atoms. The first-order valence-corrected chi connectivity index (χ1v) is 9.40. The largest absolute Gasteiger partial charge is 0.611 e. The number of nitrogens with zero attached hydrogens (tertiary/aromatic N) is 2. The van der Waals surface area contributed by atoms with Crippen molar-refractivity contribution in [1.29, 1.82) is 0 Å². The van der Waals surface area contributed by atoms with E-state index in [-0.39, 0.29) is 16.2 Å². The normalized spacial score (nSPS) is 15.6. The fourth-order valence-corrected chi connectivity index (χ4v) is 2.87. The molecule has 1 aliphatic rings. The van der Waals surface area contributed by atoms with Crippen LogP contribution < -0.4 is 10.2 Å². The summed E-state index contributed by atoms with van der Waals surface area (Å²) in [6.07, 6.45) is 1.46. The molecule has 0 spiro atoms. The molecule has 0 radical (unpaired) electrons. The molecule has 1 aromatic rings. The minimum absolute atomic E-state index is 0.0743. The van der Waals surface area contributed by atoms with Gasteiger partial charge in [-0.3, -0.25) is 14.9 Å². The van der Waals surface area contributed by atoms with Crippen LogP contribution in [-0.2, 0) is 20.7 Å². The molecule has 0 saturated carbocycles. The molecular formula is C16H25N3O5S. The molecule has 1 unspecified atom stereocenters. The third-order valence-corrected chi connectivity index (χ3v) is 4.28. The zero-order valence-electron chi connectivity index (χ0n) is 15.0. The van der Waals surface area contributed by atoms with E-state index in [0.717, 1.165) is 31.9 Å². The number of nitrogens with one attached hydrogen (secondary N) is 1. The number of anilines is 1. The molecular weight excluding hydrogens is 346 g/mol. The van der Waals surface area contributed by atoms with Crippen molar-refractivity contribution in [2.24, 2.45) is 0 Å². The van der Waals surface area contributed by atoms with E-state index in [9.17, 15) is 19.5 Å². The lowest BCUT2D eigenvalue weighted by Gasteiger charge is -2.29. The van der Waals surface area contributed by atoms with E-state index in [4.69, 9.17) is 0 Å². The van der Waals surface area contributed by atoms with Crippen LogP contribution in [0.3, 0.4) is 0 Å². The highest BCUT2D eigenvalue weighted by Crippen LogP contribution is 2.28. The van der Waals surface area contributed by atoms with Crippen LogP contribution in [-0.4, -0.2) is 54.0 Å². The SMILES string of the molecule is CC(C)(C)OC=O.C[S+]([O-])c1cc(N2CCNCC2)ccc1[N+](=O)[O-]. The third kappa shape index (κ3) is 7.29. The second kappa shape index (κ2) is 9.59. The summed E-state index contributed by atoms with van der Waals surface area (Å²) in [6.45, 7) is 9.41. The van der Waals surface area contributed by atoms with Crippen LogP contribution in [0, 0.1) is 10.1 Å². The number of nitro groups is 1. The van der Waals surface area contributed by atoms with Crippen LogP contribution in [0.25, 0.3) is 0 Å². The maximum Gasteiger partial charge on any atom is 0.323 e. The average molecular weight is 371 g/mol. The standard InChI is InChI=1S/C11H15N3O3S.C5H10O2/c1-18(17)11-8-9(2-3-10(11)14(15)16)13-6-4-12-5-7-13;1-5(2,3)7-4-6/h2-3,8,12H,4-7H2,1H3;4H,1-3H3. The molecule has 9 heteroatoms. The summed E-state index contributed by atoms with van der Waals surface area (Å²) in [5.74, 6) is 0. The van der Waals surface area contributed by atoms with Crippen molar-refractivity contribution in [2.75, 3.05) is 37.3 Å². The van der Waals surface area contributed by atoms with Gasteiger partial charge in [0, 0.05) is 44.0 Å². The molecule has 1 atom stereocenters. The first-order valence-electron chi connectivity index (χ1n) is 7.84. The van der Waals surface area contributed by atoms with Gasteiger partial charge in [0.1, 0.15) is 11.9 Å². The van der Waals surface area contributed by atoms with Gasteiger partial charge in [0.25, 0.3) is 6.47 Å². The Morgan fingerprint density at radius 2 is 1.92 bits per heavy atom. The Morgan fingerprint density at radius 1 is 1.32 bits per heavy atom. The molecule has 8 nitrogen and oxygen atoms in total. The van der Waals surface area contributed by atoms with Gasteiger partial charge in [-0.1, -0.05) is 0 Å². The Morgan fingerprint density at radius 3 is 2.32 bits per heavy atom. The predicted octanol–water partition coefficient (Wildman–Crippen LogP) is 1.70. The number of carbonyl (C=O) groups is 1. The molecule has 1 saturated heterocycles. The number of ether oxygens (including phenoxy) is 1. The molecule has 140 valence electrons. The quantitative estimate of drug-likeness (QED) is 0.371. The molecule has 1 heterocycles. The molecule has 2 rings (SSSR count). The molecule has 0 bridgehead atoms. The molecule has 1 aromatic carbocycles. The number of hydrogen-bond acceptors (Lipinski definition) is 7. The van der Waals surface area contributed by atoms with Gasteiger partial charge in [-0.15, -0.1) is 0 Å². The van der Waals surface area contributed by atoms with Gasteiger partial charge in [-0.25, -0.2) is 0 Å². The average Bonchev–Trinajstić information content (AvgIpc) is 2.54. The van der Waals surface area contributed by atoms with Crippen molar-refractivity contribution < 1.29 is 19.0 Å². The summed E-state index contributed by atoms with van der Waals surface area (Å²) < 4.78 is 16.1. The summed E-state index contributed by atoms with van der Waals surface area (Å²) in [4.78, 5) is 22.4. The fraction of sp³-hybridized carbons (Fsp3) is 0.562. The highest BCUT2D eigenvalue weighted by atomic mass is 32.2. The molecule has 1 aliphatic heterocycles. The van der Waals surface area contributed by atoms with Crippen molar-refractivity contribution in [2.45, 2.75) is 31.3 Å². The number of piperazine rings is 1. The summed E-state index contributed by atoms with van der Waals surface area (Å²) >= 11 is -1.36. The van der Waals surface area contributed by atoms with Gasteiger partial charge in [-0.2, -0.15) is 0 Å². The number of hydrogen-bond donors (Lipinski definition) is 1. The van der Waals surface area contributed by atoms with E-state index in [1.165, 1.54) is 12.3 Å². The highest BCUT2D eigenvalue weighted by Gasteiger charge is 2.23. The van der Waals surface area contributed by atoms with Gasteiger partial charge in [0.15, 0.2) is 0 Å². The minimum atomic E-state index is -1.36. The lowest BCUT2D eigenvalue weighted by Crippen LogP contribution is -2.43. The van der Waals surface area contributed by atoms with E-state index >= 15 is 0 Å². The highest BCUT2D eigenvalue weighted by molar-refractivity contribution is 7.90. The Hall–Kier alpha value is -1.84. The molecule has 0 amide bonds. The predicted molar refractivity (Wildman–Crippen MR) is 97.4 cm³/mol. The number of benzene rings is 1. The summed E-state index contributed by atoms with van der Waals surface area (Å²) in [5, 5.41) is 14.1. The number of rotatable bonds is 4.